The summed E-state index contributed by atoms with van der Waals surface area (Å²) < 4.78 is 13.4. The van der Waals surface area contributed by atoms with Gasteiger partial charge in [0.05, 0.1) is 17.9 Å². The lowest BCUT2D eigenvalue weighted by molar-refractivity contribution is 0.630. The Kier molecular flexibility index (Phi) is 3.67. The van der Waals surface area contributed by atoms with Crippen molar-refractivity contribution in [2.75, 3.05) is 5.32 Å². The normalized spacial score (nSPS) is 10.2. The van der Waals surface area contributed by atoms with Crippen LogP contribution in [-0.2, 0) is 13.1 Å². The predicted molar refractivity (Wildman–Crippen MR) is 65.9 cm³/mol. The average molecular weight is 231 g/mol. The van der Waals surface area contributed by atoms with Crippen molar-refractivity contribution >= 4 is 5.69 Å². The van der Waals surface area contributed by atoms with E-state index < -0.39 is 0 Å². The van der Waals surface area contributed by atoms with Gasteiger partial charge in [-0.05, 0) is 23.8 Å². The van der Waals surface area contributed by atoms with Gasteiger partial charge in [0, 0.05) is 12.7 Å². The minimum absolute atomic E-state index is 0.266. The summed E-state index contributed by atoms with van der Waals surface area (Å²) in [5.41, 5.74) is 7.90. The number of anilines is 1. The van der Waals surface area contributed by atoms with E-state index in [1.54, 1.807) is 24.4 Å². The van der Waals surface area contributed by atoms with E-state index in [2.05, 4.69) is 10.3 Å². The summed E-state index contributed by atoms with van der Waals surface area (Å²) in [5, 5.41) is 3.01. The summed E-state index contributed by atoms with van der Waals surface area (Å²) in [7, 11) is 0. The summed E-state index contributed by atoms with van der Waals surface area (Å²) in [5.74, 6) is -0.266. The number of aromatic nitrogens is 1. The van der Waals surface area contributed by atoms with Crippen LogP contribution >= 0.6 is 0 Å². The number of halogens is 1. The molecule has 0 aliphatic carbocycles. The summed E-state index contributed by atoms with van der Waals surface area (Å²) >= 11 is 0. The molecule has 0 bridgehead atoms. The van der Waals surface area contributed by atoms with E-state index in [4.69, 9.17) is 5.73 Å². The second kappa shape index (κ2) is 5.41. The number of hydrogen-bond acceptors (Lipinski definition) is 3. The summed E-state index contributed by atoms with van der Waals surface area (Å²) in [6, 6.07) is 10.3. The quantitative estimate of drug-likeness (QED) is 0.848. The molecular formula is C13H14FN3. The number of rotatable bonds is 4. The molecule has 0 spiro atoms. The van der Waals surface area contributed by atoms with Gasteiger partial charge in [0.25, 0.3) is 0 Å². The maximum atomic E-state index is 13.4. The van der Waals surface area contributed by atoms with E-state index in [1.807, 2.05) is 12.1 Å². The fraction of sp³-hybridized carbons (Fsp3) is 0.154. The highest BCUT2D eigenvalue weighted by Crippen LogP contribution is 2.14. The van der Waals surface area contributed by atoms with Gasteiger partial charge in [-0.3, -0.25) is 4.98 Å². The Labute approximate surface area is 99.5 Å². The fourth-order valence-electron chi connectivity index (χ4n) is 1.60. The van der Waals surface area contributed by atoms with E-state index in [1.165, 1.54) is 6.07 Å². The molecule has 0 aliphatic rings. The first-order chi connectivity index (χ1) is 8.31. The van der Waals surface area contributed by atoms with E-state index >= 15 is 0 Å². The van der Waals surface area contributed by atoms with Crippen LogP contribution in [0.4, 0.5) is 10.1 Å². The number of benzene rings is 1. The predicted octanol–water partition coefficient (Wildman–Crippen LogP) is 2.29. The number of para-hydroxylation sites is 1. The molecule has 0 saturated heterocycles. The maximum Gasteiger partial charge on any atom is 0.146 e. The number of hydrogen-bond donors (Lipinski definition) is 2. The fourth-order valence-corrected chi connectivity index (χ4v) is 1.60. The van der Waals surface area contributed by atoms with Crippen LogP contribution in [0.2, 0.25) is 0 Å². The number of nitrogens with two attached hydrogens (primary N) is 1. The number of nitrogens with one attached hydrogen (secondary N) is 1. The standard InChI is InChI=1S/C13H14FN3/c14-11-5-1-2-6-12(11)17-9-13-10(8-15)4-3-7-16-13/h1-7,17H,8-9,15H2. The molecule has 3 nitrogen and oxygen atoms in total. The largest absolute Gasteiger partial charge is 0.377 e. The molecule has 0 fully saturated rings. The molecule has 88 valence electrons. The minimum Gasteiger partial charge on any atom is -0.377 e. The van der Waals surface area contributed by atoms with Crippen molar-refractivity contribution in [3.63, 3.8) is 0 Å². The molecule has 4 heteroatoms. The van der Waals surface area contributed by atoms with Gasteiger partial charge in [-0.25, -0.2) is 4.39 Å². The monoisotopic (exact) mass is 231 g/mol. The van der Waals surface area contributed by atoms with Crippen LogP contribution in [0, 0.1) is 5.82 Å². The Morgan fingerprint density at radius 2 is 2.00 bits per heavy atom. The van der Waals surface area contributed by atoms with Crippen LogP contribution < -0.4 is 11.1 Å². The summed E-state index contributed by atoms with van der Waals surface area (Å²) in [6.45, 7) is 0.899. The molecule has 0 radical (unpaired) electrons. The first-order valence-electron chi connectivity index (χ1n) is 5.42. The molecule has 0 aliphatic heterocycles. The summed E-state index contributed by atoms with van der Waals surface area (Å²) in [6.07, 6.45) is 1.71. The Morgan fingerprint density at radius 1 is 1.18 bits per heavy atom. The van der Waals surface area contributed by atoms with Gasteiger partial charge in [-0.2, -0.15) is 0 Å². The lowest BCUT2D eigenvalue weighted by atomic mass is 10.2. The topological polar surface area (TPSA) is 50.9 Å². The van der Waals surface area contributed by atoms with Crippen molar-refractivity contribution in [3.8, 4) is 0 Å². The van der Waals surface area contributed by atoms with Crippen molar-refractivity contribution in [2.24, 2.45) is 5.73 Å². The van der Waals surface area contributed by atoms with Gasteiger partial charge in [0.2, 0.25) is 0 Å². The van der Waals surface area contributed by atoms with Crippen LogP contribution in [0.3, 0.4) is 0 Å². The molecule has 0 atom stereocenters. The van der Waals surface area contributed by atoms with Crippen molar-refractivity contribution in [2.45, 2.75) is 13.1 Å². The van der Waals surface area contributed by atoms with Gasteiger partial charge >= 0.3 is 0 Å². The molecular weight excluding hydrogens is 217 g/mol. The first kappa shape index (κ1) is 11.5. The van der Waals surface area contributed by atoms with Crippen LogP contribution in [0.25, 0.3) is 0 Å². The summed E-state index contributed by atoms with van der Waals surface area (Å²) in [4.78, 5) is 4.23. The zero-order chi connectivity index (χ0) is 12.1. The molecule has 1 heterocycles. The van der Waals surface area contributed by atoms with E-state index in [-0.39, 0.29) is 5.82 Å². The van der Waals surface area contributed by atoms with Gasteiger partial charge in [0.1, 0.15) is 5.82 Å². The van der Waals surface area contributed by atoms with E-state index in [9.17, 15) is 4.39 Å². The highest BCUT2D eigenvalue weighted by molar-refractivity contribution is 5.44. The SMILES string of the molecule is NCc1cccnc1CNc1ccccc1F. The van der Waals surface area contributed by atoms with Gasteiger partial charge in [-0.15, -0.1) is 0 Å². The third-order valence-electron chi connectivity index (χ3n) is 2.52. The van der Waals surface area contributed by atoms with Gasteiger partial charge in [-0.1, -0.05) is 18.2 Å². The van der Waals surface area contributed by atoms with Crippen LogP contribution in [-0.4, -0.2) is 4.98 Å². The second-order valence-corrected chi connectivity index (χ2v) is 3.65. The highest BCUT2D eigenvalue weighted by atomic mass is 19.1. The Bertz CT molecular complexity index is 500. The molecule has 2 aromatic rings. The molecule has 17 heavy (non-hydrogen) atoms. The average Bonchev–Trinajstić information content (AvgIpc) is 2.38. The molecule has 1 aromatic heterocycles. The molecule has 2 rings (SSSR count). The molecule has 0 unspecified atom stereocenters. The van der Waals surface area contributed by atoms with Crippen LogP contribution in [0.5, 0.6) is 0 Å². The van der Waals surface area contributed by atoms with Gasteiger partial charge < -0.3 is 11.1 Å². The Balaban J connectivity index is 2.10. The second-order valence-electron chi connectivity index (χ2n) is 3.65. The number of nitrogens with zero attached hydrogens (tertiary/aromatic N) is 1. The lowest BCUT2D eigenvalue weighted by Crippen LogP contribution is -2.08. The number of pyridine rings is 1. The third kappa shape index (κ3) is 2.79. The van der Waals surface area contributed by atoms with Crippen LogP contribution in [0.1, 0.15) is 11.3 Å². The Hall–Kier alpha value is -1.94. The zero-order valence-electron chi connectivity index (χ0n) is 9.36. The van der Waals surface area contributed by atoms with E-state index in [0.29, 0.717) is 18.8 Å². The third-order valence-corrected chi connectivity index (χ3v) is 2.52. The molecule has 0 amide bonds. The van der Waals surface area contributed by atoms with Crippen molar-refractivity contribution in [3.05, 3.63) is 59.7 Å². The maximum absolute atomic E-state index is 13.4. The minimum atomic E-state index is -0.266. The van der Waals surface area contributed by atoms with Gasteiger partial charge in [0.15, 0.2) is 0 Å². The highest BCUT2D eigenvalue weighted by Gasteiger charge is 2.03. The zero-order valence-corrected chi connectivity index (χ0v) is 9.36. The molecule has 1 aromatic carbocycles. The first-order valence-corrected chi connectivity index (χ1v) is 5.42. The van der Waals surface area contributed by atoms with Crippen molar-refractivity contribution < 1.29 is 4.39 Å². The van der Waals surface area contributed by atoms with Crippen molar-refractivity contribution in [1.82, 2.24) is 4.98 Å². The van der Waals surface area contributed by atoms with Crippen LogP contribution in [0.15, 0.2) is 42.6 Å². The molecule has 0 saturated carbocycles. The lowest BCUT2D eigenvalue weighted by Gasteiger charge is -2.09. The smallest absolute Gasteiger partial charge is 0.146 e. The Morgan fingerprint density at radius 3 is 2.76 bits per heavy atom. The van der Waals surface area contributed by atoms with E-state index in [0.717, 1.165) is 11.3 Å². The molecule has 3 N–H and O–H groups in total. The van der Waals surface area contributed by atoms with Crippen molar-refractivity contribution in [1.29, 1.82) is 0 Å².